The average Bonchev–Trinajstić information content (AvgIpc) is 2.30. The standard InChI is InChI=1S/C10H13N3O2/c1-8(14)10-11-3-2-9(12-10)13-4-6-15-7-5-13/h2-3H,4-7H2,1H3. The van der Waals surface area contributed by atoms with Crippen molar-refractivity contribution >= 4 is 11.6 Å². The number of carbonyl (C=O) groups is 1. The molecule has 0 radical (unpaired) electrons. The highest BCUT2D eigenvalue weighted by molar-refractivity contribution is 5.90. The summed E-state index contributed by atoms with van der Waals surface area (Å²) < 4.78 is 5.25. The number of morpholine rings is 1. The Balaban J connectivity index is 2.19. The third kappa shape index (κ3) is 2.30. The Labute approximate surface area is 88.1 Å². The second-order valence-electron chi connectivity index (χ2n) is 3.39. The summed E-state index contributed by atoms with van der Waals surface area (Å²) in [6.45, 7) is 4.51. The molecule has 0 aromatic carbocycles. The third-order valence-electron chi connectivity index (χ3n) is 2.29. The lowest BCUT2D eigenvalue weighted by Gasteiger charge is -2.27. The highest BCUT2D eigenvalue weighted by atomic mass is 16.5. The van der Waals surface area contributed by atoms with Crippen molar-refractivity contribution in [3.8, 4) is 0 Å². The van der Waals surface area contributed by atoms with E-state index in [0.717, 1.165) is 18.9 Å². The van der Waals surface area contributed by atoms with E-state index >= 15 is 0 Å². The zero-order valence-electron chi connectivity index (χ0n) is 8.64. The molecule has 80 valence electrons. The monoisotopic (exact) mass is 207 g/mol. The molecule has 1 fully saturated rings. The van der Waals surface area contributed by atoms with E-state index in [1.54, 1.807) is 6.20 Å². The molecule has 5 heteroatoms. The minimum atomic E-state index is -0.106. The summed E-state index contributed by atoms with van der Waals surface area (Å²) >= 11 is 0. The van der Waals surface area contributed by atoms with Crippen molar-refractivity contribution in [1.29, 1.82) is 0 Å². The van der Waals surface area contributed by atoms with E-state index in [2.05, 4.69) is 14.9 Å². The number of hydrogen-bond donors (Lipinski definition) is 0. The molecule has 1 aliphatic heterocycles. The van der Waals surface area contributed by atoms with Crippen LogP contribution >= 0.6 is 0 Å². The first-order chi connectivity index (χ1) is 7.27. The van der Waals surface area contributed by atoms with Crippen LogP contribution in [0.4, 0.5) is 5.82 Å². The zero-order chi connectivity index (χ0) is 10.7. The van der Waals surface area contributed by atoms with Gasteiger partial charge in [0.25, 0.3) is 0 Å². The number of anilines is 1. The van der Waals surface area contributed by atoms with Gasteiger partial charge in [0.05, 0.1) is 13.2 Å². The van der Waals surface area contributed by atoms with Crippen LogP contribution in [-0.2, 0) is 4.74 Å². The summed E-state index contributed by atoms with van der Waals surface area (Å²) in [6, 6.07) is 1.82. The smallest absolute Gasteiger partial charge is 0.197 e. The minimum Gasteiger partial charge on any atom is -0.378 e. The van der Waals surface area contributed by atoms with Gasteiger partial charge in [-0.15, -0.1) is 0 Å². The van der Waals surface area contributed by atoms with Gasteiger partial charge in [-0.3, -0.25) is 4.79 Å². The van der Waals surface area contributed by atoms with Crippen molar-refractivity contribution in [3.05, 3.63) is 18.1 Å². The predicted molar refractivity (Wildman–Crippen MR) is 55.1 cm³/mol. The van der Waals surface area contributed by atoms with Gasteiger partial charge < -0.3 is 9.64 Å². The van der Waals surface area contributed by atoms with Crippen molar-refractivity contribution in [1.82, 2.24) is 9.97 Å². The normalized spacial score (nSPS) is 16.5. The number of carbonyl (C=O) groups excluding carboxylic acids is 1. The average molecular weight is 207 g/mol. The van der Waals surface area contributed by atoms with Gasteiger partial charge in [0.15, 0.2) is 11.6 Å². The van der Waals surface area contributed by atoms with Crippen LogP contribution in [-0.4, -0.2) is 42.1 Å². The molecule has 1 saturated heterocycles. The van der Waals surface area contributed by atoms with E-state index in [4.69, 9.17) is 4.74 Å². The number of ketones is 1. The highest BCUT2D eigenvalue weighted by Gasteiger charge is 2.13. The maximum absolute atomic E-state index is 11.1. The summed E-state index contributed by atoms with van der Waals surface area (Å²) in [5, 5.41) is 0. The number of nitrogens with zero attached hydrogens (tertiary/aromatic N) is 3. The number of hydrogen-bond acceptors (Lipinski definition) is 5. The molecular formula is C10H13N3O2. The Hall–Kier alpha value is -1.49. The molecule has 0 saturated carbocycles. The molecular weight excluding hydrogens is 194 g/mol. The van der Waals surface area contributed by atoms with Crippen LogP contribution in [0, 0.1) is 0 Å². The van der Waals surface area contributed by atoms with Crippen molar-refractivity contribution in [2.45, 2.75) is 6.92 Å². The Bertz CT molecular complexity index is 361. The van der Waals surface area contributed by atoms with E-state index in [1.165, 1.54) is 6.92 Å². The van der Waals surface area contributed by atoms with Crippen LogP contribution < -0.4 is 4.90 Å². The van der Waals surface area contributed by atoms with Gasteiger partial charge >= 0.3 is 0 Å². The summed E-state index contributed by atoms with van der Waals surface area (Å²) in [5.74, 6) is 0.975. The van der Waals surface area contributed by atoms with Crippen molar-refractivity contribution < 1.29 is 9.53 Å². The lowest BCUT2D eigenvalue weighted by Crippen LogP contribution is -2.37. The minimum absolute atomic E-state index is 0.106. The van der Waals surface area contributed by atoms with Crippen molar-refractivity contribution in [2.24, 2.45) is 0 Å². The first-order valence-electron chi connectivity index (χ1n) is 4.94. The quantitative estimate of drug-likeness (QED) is 0.661. The Kier molecular flexibility index (Phi) is 2.91. The molecule has 15 heavy (non-hydrogen) atoms. The van der Waals surface area contributed by atoms with E-state index < -0.39 is 0 Å². The highest BCUT2D eigenvalue weighted by Crippen LogP contribution is 2.11. The molecule has 0 bridgehead atoms. The topological polar surface area (TPSA) is 55.3 Å². The summed E-state index contributed by atoms with van der Waals surface area (Å²) in [4.78, 5) is 21.3. The van der Waals surface area contributed by atoms with E-state index in [0.29, 0.717) is 13.2 Å². The Morgan fingerprint density at radius 3 is 2.87 bits per heavy atom. The van der Waals surface area contributed by atoms with Crippen molar-refractivity contribution in [3.63, 3.8) is 0 Å². The first-order valence-corrected chi connectivity index (χ1v) is 4.94. The number of aromatic nitrogens is 2. The van der Waals surface area contributed by atoms with Gasteiger partial charge in [0.1, 0.15) is 5.82 Å². The second kappa shape index (κ2) is 4.35. The summed E-state index contributed by atoms with van der Waals surface area (Å²) in [5.41, 5.74) is 0. The van der Waals surface area contributed by atoms with Crippen molar-refractivity contribution in [2.75, 3.05) is 31.2 Å². The van der Waals surface area contributed by atoms with Crippen LogP contribution in [0.2, 0.25) is 0 Å². The number of Topliss-reactive ketones (excluding diaryl/α,β-unsaturated/α-hetero) is 1. The molecule has 1 aliphatic rings. The molecule has 1 aromatic rings. The van der Waals surface area contributed by atoms with Gasteiger partial charge in [0, 0.05) is 26.2 Å². The Morgan fingerprint density at radius 2 is 2.20 bits per heavy atom. The molecule has 5 nitrogen and oxygen atoms in total. The molecule has 0 aliphatic carbocycles. The second-order valence-corrected chi connectivity index (χ2v) is 3.39. The fraction of sp³-hybridized carbons (Fsp3) is 0.500. The van der Waals surface area contributed by atoms with Crippen LogP contribution in [0.25, 0.3) is 0 Å². The van der Waals surface area contributed by atoms with E-state index in [9.17, 15) is 4.79 Å². The predicted octanol–water partition coefficient (Wildman–Crippen LogP) is 0.516. The lowest BCUT2D eigenvalue weighted by atomic mass is 10.3. The van der Waals surface area contributed by atoms with Gasteiger partial charge in [-0.1, -0.05) is 0 Å². The van der Waals surface area contributed by atoms with Gasteiger partial charge in [-0.05, 0) is 6.07 Å². The SMILES string of the molecule is CC(=O)c1nccc(N2CCOCC2)n1. The molecule has 0 N–H and O–H groups in total. The molecule has 0 unspecified atom stereocenters. The van der Waals surface area contributed by atoms with Gasteiger partial charge in [-0.2, -0.15) is 0 Å². The van der Waals surface area contributed by atoms with Gasteiger partial charge in [0.2, 0.25) is 0 Å². The summed E-state index contributed by atoms with van der Waals surface area (Å²) in [7, 11) is 0. The molecule has 0 atom stereocenters. The lowest BCUT2D eigenvalue weighted by molar-refractivity contribution is 0.100. The molecule has 2 rings (SSSR count). The summed E-state index contributed by atoms with van der Waals surface area (Å²) in [6.07, 6.45) is 1.62. The maximum atomic E-state index is 11.1. The number of rotatable bonds is 2. The third-order valence-corrected chi connectivity index (χ3v) is 2.29. The molecule has 0 spiro atoms. The molecule has 2 heterocycles. The fourth-order valence-corrected chi connectivity index (χ4v) is 1.49. The van der Waals surface area contributed by atoms with E-state index in [1.807, 2.05) is 6.07 Å². The van der Waals surface area contributed by atoms with Crippen LogP contribution in [0.15, 0.2) is 12.3 Å². The maximum Gasteiger partial charge on any atom is 0.197 e. The fourth-order valence-electron chi connectivity index (χ4n) is 1.49. The molecule has 1 aromatic heterocycles. The Morgan fingerprint density at radius 1 is 1.47 bits per heavy atom. The number of ether oxygens (including phenoxy) is 1. The first kappa shape index (κ1) is 10.0. The van der Waals surface area contributed by atoms with E-state index in [-0.39, 0.29) is 11.6 Å². The largest absolute Gasteiger partial charge is 0.378 e. The van der Waals surface area contributed by atoms with Gasteiger partial charge in [-0.25, -0.2) is 9.97 Å². The van der Waals surface area contributed by atoms with Crippen LogP contribution in [0.3, 0.4) is 0 Å². The zero-order valence-corrected chi connectivity index (χ0v) is 8.64. The van der Waals surface area contributed by atoms with Crippen LogP contribution in [0.5, 0.6) is 0 Å². The molecule has 0 amide bonds. The van der Waals surface area contributed by atoms with Crippen LogP contribution in [0.1, 0.15) is 17.5 Å².